The normalized spacial score (nSPS) is 29.4. The van der Waals surface area contributed by atoms with E-state index in [1.54, 1.807) is 0 Å². The molecule has 0 aromatic carbocycles. The molecule has 2 saturated heterocycles. The molecule has 0 bridgehead atoms. The van der Waals surface area contributed by atoms with Crippen molar-refractivity contribution in [1.82, 2.24) is 20.7 Å². The van der Waals surface area contributed by atoms with Crippen LogP contribution in [0.5, 0.6) is 0 Å². The quantitative estimate of drug-likeness (QED) is 0.816. The molecular weight excluding hydrogens is 256 g/mol. The van der Waals surface area contributed by atoms with Crippen molar-refractivity contribution in [2.75, 3.05) is 19.7 Å². The predicted octanol–water partition coefficient (Wildman–Crippen LogP) is 1.10. The van der Waals surface area contributed by atoms with Crippen LogP contribution in [0, 0.1) is 11.8 Å². The fourth-order valence-corrected chi connectivity index (χ4v) is 2.74. The Morgan fingerprint density at radius 2 is 2.30 bits per heavy atom. The Hall–Kier alpha value is -1.40. The van der Waals surface area contributed by atoms with E-state index in [0.29, 0.717) is 18.1 Å². The molecular formula is C14H22N4O2. The third-order valence-electron chi connectivity index (χ3n) is 3.91. The van der Waals surface area contributed by atoms with Crippen LogP contribution in [0.2, 0.25) is 0 Å². The van der Waals surface area contributed by atoms with E-state index in [9.17, 15) is 4.79 Å². The van der Waals surface area contributed by atoms with Gasteiger partial charge in [0, 0.05) is 19.1 Å². The van der Waals surface area contributed by atoms with E-state index in [2.05, 4.69) is 27.7 Å². The minimum absolute atomic E-state index is 0.306. The molecule has 1 aromatic rings. The van der Waals surface area contributed by atoms with Gasteiger partial charge >= 0.3 is 0 Å². The van der Waals surface area contributed by atoms with Gasteiger partial charge in [0.05, 0.1) is 12.3 Å². The largest absolute Gasteiger partial charge is 0.378 e. The number of nitrogens with one attached hydrogen (secondary N) is 1. The number of aldehydes is 1. The highest BCUT2D eigenvalue weighted by atomic mass is 16.5. The first-order valence-corrected chi connectivity index (χ1v) is 7.23. The van der Waals surface area contributed by atoms with Gasteiger partial charge in [-0.15, -0.1) is 10.2 Å². The second-order valence-electron chi connectivity index (χ2n) is 5.37. The van der Waals surface area contributed by atoms with Gasteiger partial charge in [0.2, 0.25) is 0 Å². The van der Waals surface area contributed by atoms with Crippen molar-refractivity contribution in [1.29, 1.82) is 0 Å². The molecule has 0 amide bonds. The Labute approximate surface area is 119 Å². The number of hydrogen-bond acceptors (Lipinski definition) is 6. The molecule has 0 aliphatic carbocycles. The molecule has 3 unspecified atom stereocenters. The van der Waals surface area contributed by atoms with E-state index in [1.165, 1.54) is 44.6 Å². The second kappa shape index (κ2) is 8.01. The minimum Gasteiger partial charge on any atom is -0.378 e. The Kier molecular flexibility index (Phi) is 6.01. The summed E-state index contributed by atoms with van der Waals surface area (Å²) >= 11 is 0. The summed E-state index contributed by atoms with van der Waals surface area (Å²) in [6, 6.07) is 1.49. The van der Waals surface area contributed by atoms with Crippen LogP contribution in [0.25, 0.3) is 0 Å². The van der Waals surface area contributed by atoms with E-state index in [4.69, 9.17) is 4.74 Å². The van der Waals surface area contributed by atoms with Crippen LogP contribution in [-0.4, -0.2) is 47.5 Å². The third-order valence-corrected chi connectivity index (χ3v) is 3.91. The Bertz CT molecular complexity index is 395. The molecule has 6 nitrogen and oxygen atoms in total. The van der Waals surface area contributed by atoms with E-state index >= 15 is 0 Å². The number of ether oxygens (including phenoxy) is 1. The number of hydrogen-bond donors (Lipinski definition) is 1. The van der Waals surface area contributed by atoms with Crippen molar-refractivity contribution in [3.05, 3.63) is 18.0 Å². The lowest BCUT2D eigenvalue weighted by Crippen LogP contribution is -2.32. The van der Waals surface area contributed by atoms with Crippen molar-refractivity contribution in [3.63, 3.8) is 0 Å². The highest BCUT2D eigenvalue weighted by molar-refractivity contribution is 5.70. The first-order valence-electron chi connectivity index (χ1n) is 7.23. The van der Waals surface area contributed by atoms with Crippen LogP contribution >= 0.6 is 0 Å². The zero-order chi connectivity index (χ0) is 14.2. The zero-order valence-electron chi connectivity index (χ0n) is 11.9. The summed E-state index contributed by atoms with van der Waals surface area (Å²) in [4.78, 5) is 9.88. The molecule has 0 saturated carbocycles. The summed E-state index contributed by atoms with van der Waals surface area (Å²) in [5.41, 5.74) is 0.306. The standard InChI is InChI=1S/C10H19NO.C4H3N3O/c1-8-6-11-7-9(8)10-4-2-3-5-12-10;8-3-4-1-2-5-7-6-4/h8-11H,2-7H2,1H3;1-3H. The average Bonchev–Trinajstić information content (AvgIpc) is 2.96. The molecule has 3 rings (SSSR count). The van der Waals surface area contributed by atoms with Crippen LogP contribution < -0.4 is 5.32 Å². The van der Waals surface area contributed by atoms with Gasteiger partial charge in [0.15, 0.2) is 6.29 Å². The minimum atomic E-state index is 0.306. The van der Waals surface area contributed by atoms with Gasteiger partial charge < -0.3 is 10.1 Å². The molecule has 1 N–H and O–H groups in total. The van der Waals surface area contributed by atoms with Crippen LogP contribution in [0.15, 0.2) is 12.3 Å². The van der Waals surface area contributed by atoms with E-state index in [0.717, 1.165) is 18.4 Å². The Balaban J connectivity index is 0.000000160. The van der Waals surface area contributed by atoms with E-state index in [1.807, 2.05) is 0 Å². The van der Waals surface area contributed by atoms with Crippen molar-refractivity contribution < 1.29 is 9.53 Å². The molecule has 3 atom stereocenters. The van der Waals surface area contributed by atoms with Gasteiger partial charge in [-0.2, -0.15) is 0 Å². The first kappa shape index (κ1) is 15.0. The van der Waals surface area contributed by atoms with Crippen LogP contribution in [0.4, 0.5) is 0 Å². The van der Waals surface area contributed by atoms with E-state index < -0.39 is 0 Å². The molecule has 2 aliphatic rings. The zero-order valence-corrected chi connectivity index (χ0v) is 11.9. The van der Waals surface area contributed by atoms with Gasteiger partial charge in [-0.05, 0) is 43.0 Å². The highest BCUT2D eigenvalue weighted by Gasteiger charge is 2.32. The average molecular weight is 278 g/mol. The highest BCUT2D eigenvalue weighted by Crippen LogP contribution is 2.27. The fraction of sp³-hybridized carbons (Fsp3) is 0.714. The van der Waals surface area contributed by atoms with E-state index in [-0.39, 0.29) is 0 Å². The van der Waals surface area contributed by atoms with Crippen LogP contribution in [0.3, 0.4) is 0 Å². The first-order chi connectivity index (χ1) is 9.81. The van der Waals surface area contributed by atoms with Crippen molar-refractivity contribution in [3.8, 4) is 0 Å². The van der Waals surface area contributed by atoms with Gasteiger partial charge in [0.1, 0.15) is 5.69 Å². The number of nitrogens with zero attached hydrogens (tertiary/aromatic N) is 3. The SMILES string of the molecule is CC1CNCC1C1CCCCO1.O=Cc1ccnnn1. The van der Waals surface area contributed by atoms with Crippen molar-refractivity contribution in [2.24, 2.45) is 11.8 Å². The summed E-state index contributed by atoms with van der Waals surface area (Å²) in [6.45, 7) is 5.69. The fourth-order valence-electron chi connectivity index (χ4n) is 2.74. The summed E-state index contributed by atoms with van der Waals surface area (Å²) in [5.74, 6) is 1.60. The maximum absolute atomic E-state index is 9.88. The second-order valence-corrected chi connectivity index (χ2v) is 5.37. The van der Waals surface area contributed by atoms with Crippen molar-refractivity contribution >= 4 is 6.29 Å². The number of carbonyl (C=O) groups is 1. The Morgan fingerprint density at radius 3 is 2.80 bits per heavy atom. The smallest absolute Gasteiger partial charge is 0.170 e. The summed E-state index contributed by atoms with van der Waals surface area (Å²) in [5, 5.41) is 13.4. The van der Waals surface area contributed by atoms with Crippen molar-refractivity contribution in [2.45, 2.75) is 32.3 Å². The maximum Gasteiger partial charge on any atom is 0.170 e. The van der Waals surface area contributed by atoms with Gasteiger partial charge in [-0.3, -0.25) is 4.79 Å². The number of carbonyl (C=O) groups excluding carboxylic acids is 1. The third kappa shape index (κ3) is 4.31. The Morgan fingerprint density at radius 1 is 1.40 bits per heavy atom. The molecule has 20 heavy (non-hydrogen) atoms. The molecule has 110 valence electrons. The van der Waals surface area contributed by atoms with Gasteiger partial charge in [-0.1, -0.05) is 6.92 Å². The molecule has 0 radical (unpaired) electrons. The number of rotatable bonds is 2. The van der Waals surface area contributed by atoms with Crippen LogP contribution in [0.1, 0.15) is 36.7 Å². The summed E-state index contributed by atoms with van der Waals surface area (Å²) < 4.78 is 5.79. The molecule has 6 heteroatoms. The monoisotopic (exact) mass is 278 g/mol. The number of aromatic nitrogens is 3. The predicted molar refractivity (Wildman–Crippen MR) is 74.3 cm³/mol. The lowest BCUT2D eigenvalue weighted by Gasteiger charge is -2.29. The lowest BCUT2D eigenvalue weighted by atomic mass is 9.88. The topological polar surface area (TPSA) is 77.0 Å². The van der Waals surface area contributed by atoms with Gasteiger partial charge in [0.25, 0.3) is 0 Å². The van der Waals surface area contributed by atoms with Gasteiger partial charge in [-0.25, -0.2) is 0 Å². The van der Waals surface area contributed by atoms with Crippen LogP contribution in [-0.2, 0) is 4.74 Å². The maximum atomic E-state index is 9.88. The molecule has 1 aromatic heterocycles. The molecule has 3 heterocycles. The molecule has 0 spiro atoms. The molecule has 2 fully saturated rings. The summed E-state index contributed by atoms with van der Waals surface area (Å²) in [7, 11) is 0. The lowest BCUT2D eigenvalue weighted by molar-refractivity contribution is -0.0249. The molecule has 2 aliphatic heterocycles. The summed E-state index contributed by atoms with van der Waals surface area (Å²) in [6.07, 6.45) is 6.52.